The van der Waals surface area contributed by atoms with Gasteiger partial charge in [0, 0.05) is 11.5 Å². The zero-order valence-electron chi connectivity index (χ0n) is 10.4. The fourth-order valence-electron chi connectivity index (χ4n) is 1.54. The van der Waals surface area contributed by atoms with Crippen LogP contribution in [0, 0.1) is 5.92 Å². The maximum atomic E-state index is 11.9. The van der Waals surface area contributed by atoms with Crippen molar-refractivity contribution in [2.75, 3.05) is 13.3 Å². The average molecular weight is 249 g/mol. The molecule has 5 heteroatoms. The van der Waals surface area contributed by atoms with Crippen LogP contribution in [0.1, 0.15) is 24.2 Å². The summed E-state index contributed by atoms with van der Waals surface area (Å²) in [6, 6.07) is 4.99. The van der Waals surface area contributed by atoms with E-state index in [-0.39, 0.29) is 30.9 Å². The van der Waals surface area contributed by atoms with E-state index in [1.165, 1.54) is 0 Å². The molecule has 1 N–H and O–H groups in total. The first kappa shape index (κ1) is 12.4. The molecule has 0 bridgehead atoms. The Bertz CT molecular complexity index is 482. The second kappa shape index (κ2) is 5.08. The summed E-state index contributed by atoms with van der Waals surface area (Å²) in [4.78, 5) is 23.2. The number of ketones is 1. The molecule has 2 rings (SSSR count). The molecule has 5 nitrogen and oxygen atoms in total. The Labute approximate surface area is 105 Å². The predicted molar refractivity (Wildman–Crippen MR) is 64.7 cm³/mol. The van der Waals surface area contributed by atoms with Crippen molar-refractivity contribution in [3.05, 3.63) is 23.8 Å². The summed E-state index contributed by atoms with van der Waals surface area (Å²) in [5.74, 6) is 0.787. The lowest BCUT2D eigenvalue weighted by Crippen LogP contribution is -2.32. The third-order valence-electron chi connectivity index (χ3n) is 2.64. The highest BCUT2D eigenvalue weighted by Gasteiger charge is 2.16. The maximum Gasteiger partial charge on any atom is 0.231 e. The van der Waals surface area contributed by atoms with Crippen molar-refractivity contribution in [2.45, 2.75) is 13.8 Å². The molecule has 0 aromatic heterocycles. The highest BCUT2D eigenvalue weighted by molar-refractivity contribution is 6.00. The molecule has 0 radical (unpaired) electrons. The quantitative estimate of drug-likeness (QED) is 0.818. The number of carbonyl (C=O) groups excluding carboxylic acids is 2. The summed E-state index contributed by atoms with van der Waals surface area (Å²) >= 11 is 0. The highest BCUT2D eigenvalue weighted by Crippen LogP contribution is 2.32. The van der Waals surface area contributed by atoms with Gasteiger partial charge in [0.1, 0.15) is 0 Å². The van der Waals surface area contributed by atoms with Crippen LogP contribution >= 0.6 is 0 Å². The zero-order valence-corrected chi connectivity index (χ0v) is 10.4. The molecule has 18 heavy (non-hydrogen) atoms. The molecule has 96 valence electrons. The molecular weight excluding hydrogens is 234 g/mol. The van der Waals surface area contributed by atoms with Crippen molar-refractivity contribution in [2.24, 2.45) is 5.92 Å². The number of hydrogen-bond donors (Lipinski definition) is 1. The summed E-state index contributed by atoms with van der Waals surface area (Å²) in [5.41, 5.74) is 0.503. The smallest absolute Gasteiger partial charge is 0.231 e. The lowest BCUT2D eigenvalue weighted by atomic mass is 10.1. The van der Waals surface area contributed by atoms with Gasteiger partial charge in [-0.3, -0.25) is 9.59 Å². The molecule has 1 aromatic rings. The highest BCUT2D eigenvalue weighted by atomic mass is 16.7. The van der Waals surface area contributed by atoms with Crippen LogP contribution in [0.15, 0.2) is 18.2 Å². The molecule has 1 aliphatic heterocycles. The summed E-state index contributed by atoms with van der Waals surface area (Å²) in [6.07, 6.45) is 0. The van der Waals surface area contributed by atoms with Gasteiger partial charge in [0.15, 0.2) is 17.3 Å². The van der Waals surface area contributed by atoms with Crippen molar-refractivity contribution >= 4 is 11.7 Å². The van der Waals surface area contributed by atoms with E-state index in [0.717, 1.165) is 0 Å². The van der Waals surface area contributed by atoms with E-state index in [1.807, 2.05) is 0 Å². The van der Waals surface area contributed by atoms with Gasteiger partial charge >= 0.3 is 0 Å². The summed E-state index contributed by atoms with van der Waals surface area (Å²) in [6.45, 7) is 3.73. The van der Waals surface area contributed by atoms with E-state index in [9.17, 15) is 9.59 Å². The molecule has 0 atom stereocenters. The third kappa shape index (κ3) is 2.61. The Morgan fingerprint density at radius 1 is 1.28 bits per heavy atom. The summed E-state index contributed by atoms with van der Waals surface area (Å²) in [5, 5.41) is 2.59. The number of benzene rings is 1. The van der Waals surface area contributed by atoms with Crippen molar-refractivity contribution in [3.63, 3.8) is 0 Å². The fraction of sp³-hybridized carbons (Fsp3) is 0.385. The number of carbonyl (C=O) groups is 2. The Morgan fingerprint density at radius 2 is 2.00 bits per heavy atom. The van der Waals surface area contributed by atoms with Crippen LogP contribution in [0.3, 0.4) is 0 Å². The van der Waals surface area contributed by atoms with Crippen LogP contribution in [-0.4, -0.2) is 25.0 Å². The van der Waals surface area contributed by atoms with Crippen LogP contribution in [0.4, 0.5) is 0 Å². The van der Waals surface area contributed by atoms with Crippen LogP contribution in [-0.2, 0) is 4.79 Å². The van der Waals surface area contributed by atoms with Crippen LogP contribution < -0.4 is 14.8 Å². The lowest BCUT2D eigenvalue weighted by molar-refractivity contribution is -0.123. The van der Waals surface area contributed by atoms with Gasteiger partial charge in [0.05, 0.1) is 6.54 Å². The molecule has 0 spiro atoms. The van der Waals surface area contributed by atoms with Gasteiger partial charge < -0.3 is 14.8 Å². The van der Waals surface area contributed by atoms with E-state index in [1.54, 1.807) is 32.0 Å². The number of rotatable bonds is 4. The Hall–Kier alpha value is -2.04. The Kier molecular flexibility index (Phi) is 3.50. The van der Waals surface area contributed by atoms with Gasteiger partial charge in [0.25, 0.3) is 0 Å². The lowest BCUT2D eigenvalue weighted by Gasteiger charge is -2.07. The first-order valence-electron chi connectivity index (χ1n) is 5.78. The fourth-order valence-corrected chi connectivity index (χ4v) is 1.54. The van der Waals surface area contributed by atoms with Crippen LogP contribution in [0.2, 0.25) is 0 Å². The van der Waals surface area contributed by atoms with E-state index < -0.39 is 0 Å². The van der Waals surface area contributed by atoms with E-state index in [0.29, 0.717) is 17.1 Å². The maximum absolute atomic E-state index is 11.9. The van der Waals surface area contributed by atoms with Gasteiger partial charge in [0.2, 0.25) is 12.7 Å². The number of hydrogen-bond acceptors (Lipinski definition) is 4. The van der Waals surface area contributed by atoms with Gasteiger partial charge in [-0.2, -0.15) is 0 Å². The largest absolute Gasteiger partial charge is 0.454 e. The number of Topliss-reactive ketones (excluding diaryl/α,β-unsaturated/α-hetero) is 1. The van der Waals surface area contributed by atoms with Crippen molar-refractivity contribution in [3.8, 4) is 11.5 Å². The van der Waals surface area contributed by atoms with Crippen molar-refractivity contribution in [1.29, 1.82) is 0 Å². The SMILES string of the molecule is CC(C)C(=O)NCC(=O)c1ccc2c(c1)OCO2. The Morgan fingerprint density at radius 3 is 2.72 bits per heavy atom. The molecule has 1 aliphatic rings. The summed E-state index contributed by atoms with van der Waals surface area (Å²) in [7, 11) is 0. The Balaban J connectivity index is 1.99. The van der Waals surface area contributed by atoms with Gasteiger partial charge in [-0.15, -0.1) is 0 Å². The van der Waals surface area contributed by atoms with Crippen molar-refractivity contribution < 1.29 is 19.1 Å². The minimum absolute atomic E-state index is 0.00332. The first-order valence-corrected chi connectivity index (χ1v) is 5.78. The molecule has 0 fully saturated rings. The number of nitrogens with one attached hydrogen (secondary N) is 1. The third-order valence-corrected chi connectivity index (χ3v) is 2.64. The standard InChI is InChI=1S/C13H15NO4/c1-8(2)13(16)14-6-10(15)9-3-4-11-12(5-9)18-7-17-11/h3-5,8H,6-7H2,1-2H3,(H,14,16). The molecule has 0 unspecified atom stereocenters. The normalized spacial score (nSPS) is 12.6. The molecule has 0 saturated carbocycles. The molecule has 1 heterocycles. The second-order valence-electron chi connectivity index (χ2n) is 4.36. The minimum Gasteiger partial charge on any atom is -0.454 e. The molecule has 0 saturated heterocycles. The van der Waals surface area contributed by atoms with E-state index in [2.05, 4.69) is 5.32 Å². The minimum atomic E-state index is -0.151. The second-order valence-corrected chi connectivity index (χ2v) is 4.36. The van der Waals surface area contributed by atoms with E-state index in [4.69, 9.17) is 9.47 Å². The number of ether oxygens (including phenoxy) is 2. The monoisotopic (exact) mass is 249 g/mol. The predicted octanol–water partition coefficient (Wildman–Crippen LogP) is 1.37. The van der Waals surface area contributed by atoms with Gasteiger partial charge in [-0.05, 0) is 18.2 Å². The van der Waals surface area contributed by atoms with Gasteiger partial charge in [-0.25, -0.2) is 0 Å². The molecule has 1 amide bonds. The number of amides is 1. The number of fused-ring (bicyclic) bond motifs is 1. The molecular formula is C13H15NO4. The first-order chi connectivity index (χ1) is 8.58. The van der Waals surface area contributed by atoms with Crippen LogP contribution in [0.25, 0.3) is 0 Å². The van der Waals surface area contributed by atoms with Gasteiger partial charge in [-0.1, -0.05) is 13.8 Å². The average Bonchev–Trinajstić information content (AvgIpc) is 2.82. The molecule has 0 aliphatic carbocycles. The zero-order chi connectivity index (χ0) is 13.1. The summed E-state index contributed by atoms with van der Waals surface area (Å²) < 4.78 is 10.4. The van der Waals surface area contributed by atoms with Crippen LogP contribution in [0.5, 0.6) is 11.5 Å². The molecule has 1 aromatic carbocycles. The topological polar surface area (TPSA) is 64.6 Å². The van der Waals surface area contributed by atoms with Crippen molar-refractivity contribution in [1.82, 2.24) is 5.32 Å². The van der Waals surface area contributed by atoms with E-state index >= 15 is 0 Å².